The van der Waals surface area contributed by atoms with Crippen molar-refractivity contribution in [1.82, 2.24) is 9.97 Å². The minimum absolute atomic E-state index is 0.0509. The van der Waals surface area contributed by atoms with E-state index in [1.165, 1.54) is 6.33 Å². The highest BCUT2D eigenvalue weighted by atomic mass is 16.5. The van der Waals surface area contributed by atoms with Crippen LogP contribution in [0.2, 0.25) is 0 Å². The fourth-order valence-electron chi connectivity index (χ4n) is 1.43. The SMILES string of the molecule is O=C(O)CCOc1cc(-c2ccccc2)ncn1. The van der Waals surface area contributed by atoms with Gasteiger partial charge in [-0.1, -0.05) is 30.3 Å². The van der Waals surface area contributed by atoms with Crippen molar-refractivity contribution in [3.8, 4) is 17.1 Å². The zero-order valence-electron chi connectivity index (χ0n) is 9.61. The summed E-state index contributed by atoms with van der Waals surface area (Å²) in [5, 5.41) is 8.51. The summed E-state index contributed by atoms with van der Waals surface area (Å²) in [6.45, 7) is 0.0978. The number of hydrogen-bond donors (Lipinski definition) is 1. The Labute approximate surface area is 104 Å². The molecule has 0 saturated heterocycles. The molecule has 0 aliphatic rings. The van der Waals surface area contributed by atoms with Gasteiger partial charge in [0, 0.05) is 11.6 Å². The molecule has 2 aromatic rings. The second kappa shape index (κ2) is 5.77. The first-order valence-corrected chi connectivity index (χ1v) is 5.48. The molecule has 0 saturated carbocycles. The number of aromatic nitrogens is 2. The first-order chi connectivity index (χ1) is 8.75. The van der Waals surface area contributed by atoms with Gasteiger partial charge in [0.25, 0.3) is 0 Å². The second-order valence-corrected chi connectivity index (χ2v) is 3.60. The quantitative estimate of drug-likeness (QED) is 0.870. The molecule has 1 N–H and O–H groups in total. The molecule has 1 aromatic carbocycles. The van der Waals surface area contributed by atoms with Crippen LogP contribution in [-0.2, 0) is 4.79 Å². The molecule has 0 aliphatic heterocycles. The Morgan fingerprint density at radius 3 is 2.72 bits per heavy atom. The molecule has 5 nitrogen and oxygen atoms in total. The third-order valence-corrected chi connectivity index (χ3v) is 2.28. The maximum Gasteiger partial charge on any atom is 0.306 e. The maximum atomic E-state index is 10.4. The molecule has 0 aliphatic carbocycles. The highest BCUT2D eigenvalue weighted by molar-refractivity contribution is 5.66. The van der Waals surface area contributed by atoms with E-state index in [0.29, 0.717) is 5.88 Å². The summed E-state index contributed by atoms with van der Waals surface area (Å²) in [4.78, 5) is 18.4. The van der Waals surface area contributed by atoms with E-state index < -0.39 is 5.97 Å². The van der Waals surface area contributed by atoms with Gasteiger partial charge in [-0.3, -0.25) is 4.79 Å². The minimum atomic E-state index is -0.896. The molecule has 1 aromatic heterocycles. The standard InChI is InChI=1S/C13H12N2O3/c16-13(17)6-7-18-12-8-11(14-9-15-12)10-4-2-1-3-5-10/h1-5,8-9H,6-7H2,(H,16,17). The molecule has 0 bridgehead atoms. The number of ether oxygens (including phenoxy) is 1. The molecular weight excluding hydrogens is 232 g/mol. The van der Waals surface area contributed by atoms with Gasteiger partial charge in [0.2, 0.25) is 5.88 Å². The van der Waals surface area contributed by atoms with Crippen molar-refractivity contribution >= 4 is 5.97 Å². The Hall–Kier alpha value is -2.43. The lowest BCUT2D eigenvalue weighted by molar-refractivity contribution is -0.137. The van der Waals surface area contributed by atoms with Crippen molar-refractivity contribution in [2.75, 3.05) is 6.61 Å². The molecule has 5 heteroatoms. The van der Waals surface area contributed by atoms with Gasteiger partial charge in [0.15, 0.2) is 0 Å². The van der Waals surface area contributed by atoms with Gasteiger partial charge < -0.3 is 9.84 Å². The lowest BCUT2D eigenvalue weighted by atomic mass is 10.1. The molecule has 18 heavy (non-hydrogen) atoms. The van der Waals surface area contributed by atoms with Crippen LogP contribution in [0.4, 0.5) is 0 Å². The Morgan fingerprint density at radius 2 is 2.00 bits per heavy atom. The van der Waals surface area contributed by atoms with Crippen LogP contribution in [0, 0.1) is 0 Å². The van der Waals surface area contributed by atoms with Gasteiger partial charge in [0.05, 0.1) is 12.1 Å². The molecule has 0 amide bonds. The van der Waals surface area contributed by atoms with Crippen LogP contribution in [-0.4, -0.2) is 27.7 Å². The van der Waals surface area contributed by atoms with Crippen LogP contribution in [0.15, 0.2) is 42.7 Å². The molecule has 1 heterocycles. The van der Waals surface area contributed by atoms with E-state index in [4.69, 9.17) is 9.84 Å². The van der Waals surface area contributed by atoms with Crippen molar-refractivity contribution in [3.05, 3.63) is 42.7 Å². The zero-order valence-corrected chi connectivity index (χ0v) is 9.61. The van der Waals surface area contributed by atoms with E-state index in [-0.39, 0.29) is 13.0 Å². The van der Waals surface area contributed by atoms with Crippen LogP contribution < -0.4 is 4.74 Å². The highest BCUT2D eigenvalue weighted by Gasteiger charge is 2.03. The van der Waals surface area contributed by atoms with E-state index in [1.807, 2.05) is 30.3 Å². The number of carboxylic acids is 1. The lowest BCUT2D eigenvalue weighted by Crippen LogP contribution is -2.05. The van der Waals surface area contributed by atoms with Crippen LogP contribution in [0.25, 0.3) is 11.3 Å². The molecule has 0 unspecified atom stereocenters. The van der Waals surface area contributed by atoms with Crippen LogP contribution in [0.1, 0.15) is 6.42 Å². The summed E-state index contributed by atoms with van der Waals surface area (Å²) >= 11 is 0. The summed E-state index contributed by atoms with van der Waals surface area (Å²) in [6, 6.07) is 11.3. The van der Waals surface area contributed by atoms with Crippen molar-refractivity contribution in [3.63, 3.8) is 0 Å². The van der Waals surface area contributed by atoms with Crippen molar-refractivity contribution in [2.24, 2.45) is 0 Å². The Bertz CT molecular complexity index is 529. The molecular formula is C13H12N2O3. The molecule has 0 radical (unpaired) electrons. The van der Waals surface area contributed by atoms with Crippen molar-refractivity contribution in [1.29, 1.82) is 0 Å². The summed E-state index contributed by atoms with van der Waals surface area (Å²) in [5.41, 5.74) is 1.71. The fraction of sp³-hybridized carbons (Fsp3) is 0.154. The summed E-state index contributed by atoms with van der Waals surface area (Å²) in [5.74, 6) is -0.516. The normalized spacial score (nSPS) is 10.0. The van der Waals surface area contributed by atoms with E-state index in [0.717, 1.165) is 11.3 Å². The van der Waals surface area contributed by atoms with Crippen LogP contribution >= 0.6 is 0 Å². The maximum absolute atomic E-state index is 10.4. The summed E-state index contributed by atoms with van der Waals surface area (Å²) < 4.78 is 5.25. The Morgan fingerprint density at radius 1 is 1.22 bits per heavy atom. The average Bonchev–Trinajstić information content (AvgIpc) is 2.40. The summed E-state index contributed by atoms with van der Waals surface area (Å²) in [7, 11) is 0. The van der Waals surface area contributed by atoms with Gasteiger partial charge in [0.1, 0.15) is 12.9 Å². The third-order valence-electron chi connectivity index (χ3n) is 2.28. The third kappa shape index (κ3) is 3.28. The van der Waals surface area contributed by atoms with E-state index in [1.54, 1.807) is 6.07 Å². The van der Waals surface area contributed by atoms with Gasteiger partial charge in [-0.15, -0.1) is 0 Å². The van der Waals surface area contributed by atoms with E-state index >= 15 is 0 Å². The van der Waals surface area contributed by atoms with Crippen LogP contribution in [0.3, 0.4) is 0 Å². The molecule has 2 rings (SSSR count). The molecule has 0 fully saturated rings. The van der Waals surface area contributed by atoms with Gasteiger partial charge in [-0.2, -0.15) is 0 Å². The van der Waals surface area contributed by atoms with Crippen LogP contribution in [0.5, 0.6) is 5.88 Å². The topological polar surface area (TPSA) is 72.3 Å². The fourth-order valence-corrected chi connectivity index (χ4v) is 1.43. The smallest absolute Gasteiger partial charge is 0.306 e. The number of carboxylic acid groups (broad SMARTS) is 1. The first kappa shape index (κ1) is 12.0. The monoisotopic (exact) mass is 244 g/mol. The van der Waals surface area contributed by atoms with Gasteiger partial charge >= 0.3 is 5.97 Å². The average molecular weight is 244 g/mol. The number of hydrogen-bond acceptors (Lipinski definition) is 4. The minimum Gasteiger partial charge on any atom is -0.481 e. The number of nitrogens with zero attached hydrogens (tertiary/aromatic N) is 2. The van der Waals surface area contributed by atoms with E-state index in [2.05, 4.69) is 9.97 Å². The van der Waals surface area contributed by atoms with Gasteiger partial charge in [-0.25, -0.2) is 9.97 Å². The number of aliphatic carboxylic acids is 1. The highest BCUT2D eigenvalue weighted by Crippen LogP contribution is 2.19. The predicted molar refractivity (Wildman–Crippen MR) is 65.2 cm³/mol. The summed E-state index contributed by atoms with van der Waals surface area (Å²) in [6.07, 6.45) is 1.35. The Balaban J connectivity index is 2.08. The number of rotatable bonds is 5. The largest absolute Gasteiger partial charge is 0.481 e. The lowest BCUT2D eigenvalue weighted by Gasteiger charge is -2.05. The van der Waals surface area contributed by atoms with Crippen molar-refractivity contribution < 1.29 is 14.6 Å². The predicted octanol–water partition coefficient (Wildman–Crippen LogP) is 2.00. The first-order valence-electron chi connectivity index (χ1n) is 5.48. The van der Waals surface area contributed by atoms with Crippen molar-refractivity contribution in [2.45, 2.75) is 6.42 Å². The molecule has 0 atom stereocenters. The second-order valence-electron chi connectivity index (χ2n) is 3.60. The van der Waals surface area contributed by atoms with Gasteiger partial charge in [-0.05, 0) is 0 Å². The molecule has 0 spiro atoms. The van der Waals surface area contributed by atoms with E-state index in [9.17, 15) is 4.79 Å². The zero-order chi connectivity index (χ0) is 12.8. The molecule has 92 valence electrons. The Kier molecular flexibility index (Phi) is 3.86. The number of carbonyl (C=O) groups is 1. The number of benzene rings is 1.